The van der Waals surface area contributed by atoms with Gasteiger partial charge in [-0.1, -0.05) is 12.1 Å². The second-order valence-corrected chi connectivity index (χ2v) is 7.45. The lowest BCUT2D eigenvalue weighted by molar-refractivity contribution is -0.129. The largest absolute Gasteiger partial charge is 0.383 e. The number of nitrogens with one attached hydrogen (secondary N) is 1. The van der Waals surface area contributed by atoms with Crippen molar-refractivity contribution in [1.29, 1.82) is 0 Å². The standard InChI is InChI=1S/C22H29N5O2/c1-15-6-7-17(20-12-24-16(2)26(20)4)10-18(15)11-21(23-3)25-22(28)19-13-27(14-19)8-9-29-5/h6-7,10-12,19H,3,8-9,13-14H2,1-2,4-5H3,(H,25,28)/b21-11+. The molecule has 1 saturated heterocycles. The van der Waals surface area contributed by atoms with Crippen LogP contribution in [0.5, 0.6) is 0 Å². The number of aryl methyl sites for hydroxylation is 2. The predicted molar refractivity (Wildman–Crippen MR) is 116 cm³/mol. The Bertz CT molecular complexity index is 925. The van der Waals surface area contributed by atoms with Crippen LogP contribution in [0.2, 0.25) is 0 Å². The van der Waals surface area contributed by atoms with E-state index in [0.717, 1.165) is 47.8 Å². The van der Waals surface area contributed by atoms with E-state index in [2.05, 4.69) is 49.7 Å². The zero-order valence-electron chi connectivity index (χ0n) is 17.6. The summed E-state index contributed by atoms with van der Waals surface area (Å²) in [4.78, 5) is 23.1. The molecule has 1 N–H and O–H groups in total. The van der Waals surface area contributed by atoms with Crippen LogP contribution < -0.4 is 5.32 Å². The van der Waals surface area contributed by atoms with E-state index in [0.29, 0.717) is 12.4 Å². The number of ether oxygens (including phenoxy) is 1. The Morgan fingerprint density at radius 3 is 2.79 bits per heavy atom. The van der Waals surface area contributed by atoms with Crippen molar-refractivity contribution >= 4 is 18.7 Å². The molecule has 3 rings (SSSR count). The third-order valence-corrected chi connectivity index (χ3v) is 5.45. The summed E-state index contributed by atoms with van der Waals surface area (Å²) in [6, 6.07) is 6.22. The molecule has 0 aliphatic carbocycles. The van der Waals surface area contributed by atoms with Gasteiger partial charge in [0.1, 0.15) is 11.6 Å². The minimum Gasteiger partial charge on any atom is -0.383 e. The number of aliphatic imine (C=N–C) groups is 1. The van der Waals surface area contributed by atoms with E-state index in [-0.39, 0.29) is 11.8 Å². The highest BCUT2D eigenvalue weighted by Crippen LogP contribution is 2.24. The molecule has 154 valence electrons. The zero-order chi connectivity index (χ0) is 21.0. The molecule has 7 nitrogen and oxygen atoms in total. The maximum atomic E-state index is 12.5. The van der Waals surface area contributed by atoms with Crippen LogP contribution in [0.15, 0.2) is 35.2 Å². The summed E-state index contributed by atoms with van der Waals surface area (Å²) in [6.45, 7) is 10.7. The van der Waals surface area contributed by atoms with Gasteiger partial charge in [-0.2, -0.15) is 0 Å². The van der Waals surface area contributed by atoms with Gasteiger partial charge in [0.05, 0.1) is 24.4 Å². The van der Waals surface area contributed by atoms with Crippen LogP contribution >= 0.6 is 0 Å². The number of rotatable bonds is 8. The monoisotopic (exact) mass is 395 g/mol. The normalized spacial score (nSPS) is 15.2. The molecule has 0 atom stereocenters. The van der Waals surface area contributed by atoms with Crippen LogP contribution in [0.25, 0.3) is 17.3 Å². The molecule has 7 heteroatoms. The van der Waals surface area contributed by atoms with Crippen molar-refractivity contribution in [3.63, 3.8) is 0 Å². The number of hydrogen-bond donors (Lipinski definition) is 1. The first-order chi connectivity index (χ1) is 13.9. The number of carbonyl (C=O) groups excluding carboxylic acids is 1. The van der Waals surface area contributed by atoms with E-state index in [1.165, 1.54) is 0 Å². The number of likely N-dealkylation sites (tertiary alicyclic amines) is 1. The van der Waals surface area contributed by atoms with Crippen molar-refractivity contribution in [1.82, 2.24) is 19.8 Å². The summed E-state index contributed by atoms with van der Waals surface area (Å²) in [7, 11) is 3.68. The lowest BCUT2D eigenvalue weighted by Crippen LogP contribution is -2.54. The number of hydrogen-bond acceptors (Lipinski definition) is 5. The lowest BCUT2D eigenvalue weighted by Gasteiger charge is -2.37. The van der Waals surface area contributed by atoms with E-state index >= 15 is 0 Å². The summed E-state index contributed by atoms with van der Waals surface area (Å²) < 4.78 is 7.13. The van der Waals surface area contributed by atoms with Crippen LogP contribution in [0.1, 0.15) is 17.0 Å². The van der Waals surface area contributed by atoms with Gasteiger partial charge < -0.3 is 14.6 Å². The topological polar surface area (TPSA) is 71.8 Å². The summed E-state index contributed by atoms with van der Waals surface area (Å²) in [5, 5.41) is 2.91. The number of benzene rings is 1. The highest BCUT2D eigenvalue weighted by atomic mass is 16.5. The number of carbonyl (C=O) groups is 1. The lowest BCUT2D eigenvalue weighted by atomic mass is 9.99. The van der Waals surface area contributed by atoms with E-state index < -0.39 is 0 Å². The van der Waals surface area contributed by atoms with Gasteiger partial charge in [0, 0.05) is 39.4 Å². The van der Waals surface area contributed by atoms with Gasteiger partial charge in [-0.25, -0.2) is 9.98 Å². The van der Waals surface area contributed by atoms with Gasteiger partial charge >= 0.3 is 0 Å². The number of nitrogens with zero attached hydrogens (tertiary/aromatic N) is 4. The van der Waals surface area contributed by atoms with Crippen molar-refractivity contribution in [3.05, 3.63) is 47.2 Å². The number of imidazole rings is 1. The van der Waals surface area contributed by atoms with E-state index in [9.17, 15) is 4.79 Å². The fourth-order valence-corrected chi connectivity index (χ4v) is 3.36. The Balaban J connectivity index is 1.72. The predicted octanol–water partition coefficient (Wildman–Crippen LogP) is 2.40. The van der Waals surface area contributed by atoms with Gasteiger partial charge in [0.2, 0.25) is 5.91 Å². The Labute approximate surface area is 172 Å². The molecule has 1 aromatic carbocycles. The Morgan fingerprint density at radius 2 is 2.17 bits per heavy atom. The molecule has 0 spiro atoms. The summed E-state index contributed by atoms with van der Waals surface area (Å²) in [5.74, 6) is 1.38. The third-order valence-electron chi connectivity index (χ3n) is 5.45. The van der Waals surface area contributed by atoms with Gasteiger partial charge in [-0.05, 0) is 43.8 Å². The van der Waals surface area contributed by atoms with Crippen LogP contribution in [0.4, 0.5) is 0 Å². The summed E-state index contributed by atoms with van der Waals surface area (Å²) in [5.41, 5.74) is 4.18. The van der Waals surface area contributed by atoms with Crippen molar-refractivity contribution < 1.29 is 9.53 Å². The fourth-order valence-electron chi connectivity index (χ4n) is 3.36. The molecular weight excluding hydrogens is 366 g/mol. The molecule has 2 heterocycles. The first-order valence-electron chi connectivity index (χ1n) is 9.73. The molecule has 0 saturated carbocycles. The zero-order valence-corrected chi connectivity index (χ0v) is 17.6. The quantitative estimate of drug-likeness (QED) is 0.697. The van der Waals surface area contributed by atoms with E-state index in [1.807, 2.05) is 33.2 Å². The minimum atomic E-state index is -0.0261. The van der Waals surface area contributed by atoms with Gasteiger partial charge in [0.25, 0.3) is 0 Å². The molecule has 1 aromatic heterocycles. The average Bonchev–Trinajstić information content (AvgIpc) is 3.00. The molecule has 1 aliphatic rings. The summed E-state index contributed by atoms with van der Waals surface area (Å²) in [6.07, 6.45) is 3.74. The molecule has 29 heavy (non-hydrogen) atoms. The number of methoxy groups -OCH3 is 1. The molecular formula is C22H29N5O2. The van der Waals surface area contributed by atoms with Crippen molar-refractivity contribution in [2.75, 3.05) is 33.4 Å². The Morgan fingerprint density at radius 1 is 1.41 bits per heavy atom. The van der Waals surface area contributed by atoms with Gasteiger partial charge in [0.15, 0.2) is 0 Å². The molecule has 2 aromatic rings. The Hall–Kier alpha value is -2.77. The fraction of sp³-hybridized carbons (Fsp3) is 0.409. The molecule has 1 aliphatic heterocycles. The van der Waals surface area contributed by atoms with Crippen LogP contribution in [0.3, 0.4) is 0 Å². The third kappa shape index (κ3) is 4.81. The first-order valence-corrected chi connectivity index (χ1v) is 9.73. The average molecular weight is 396 g/mol. The van der Waals surface area contributed by atoms with E-state index in [4.69, 9.17) is 4.74 Å². The molecule has 0 unspecified atom stereocenters. The first kappa shape index (κ1) is 21.0. The smallest absolute Gasteiger partial charge is 0.231 e. The highest BCUT2D eigenvalue weighted by molar-refractivity contribution is 5.83. The molecule has 1 amide bonds. The van der Waals surface area contributed by atoms with Crippen LogP contribution in [-0.2, 0) is 16.6 Å². The molecule has 1 fully saturated rings. The molecule has 0 radical (unpaired) electrons. The van der Waals surface area contributed by atoms with Gasteiger partial charge in [-0.3, -0.25) is 9.69 Å². The van der Waals surface area contributed by atoms with Crippen molar-refractivity contribution in [2.45, 2.75) is 13.8 Å². The number of amides is 1. The highest BCUT2D eigenvalue weighted by Gasteiger charge is 2.32. The van der Waals surface area contributed by atoms with Crippen molar-refractivity contribution in [3.8, 4) is 11.3 Å². The SMILES string of the molecule is C=N/C(=C\c1cc(-c2cnc(C)n2C)ccc1C)NC(=O)C1CN(CCOC)C1. The van der Waals surface area contributed by atoms with Crippen LogP contribution in [0, 0.1) is 19.8 Å². The second-order valence-electron chi connectivity index (χ2n) is 7.45. The Kier molecular flexibility index (Phi) is 6.61. The number of aromatic nitrogens is 2. The minimum absolute atomic E-state index is 0.0200. The second kappa shape index (κ2) is 9.15. The maximum Gasteiger partial charge on any atom is 0.231 e. The van der Waals surface area contributed by atoms with E-state index in [1.54, 1.807) is 7.11 Å². The molecule has 0 bridgehead atoms. The van der Waals surface area contributed by atoms with Crippen molar-refractivity contribution in [2.24, 2.45) is 18.0 Å². The van der Waals surface area contributed by atoms with Crippen LogP contribution in [-0.4, -0.2) is 60.4 Å². The summed E-state index contributed by atoms with van der Waals surface area (Å²) >= 11 is 0. The van der Waals surface area contributed by atoms with Gasteiger partial charge in [-0.15, -0.1) is 0 Å². The maximum absolute atomic E-state index is 12.5.